The molecule has 0 radical (unpaired) electrons. The summed E-state index contributed by atoms with van der Waals surface area (Å²) in [5, 5.41) is 20.5. The van der Waals surface area contributed by atoms with Gasteiger partial charge in [0.2, 0.25) is 5.88 Å². The summed E-state index contributed by atoms with van der Waals surface area (Å²) >= 11 is 6.11. The first-order valence-electron chi connectivity index (χ1n) is 8.52. The SMILES string of the molecule is COc1ccc(C(=O)c2c(C)c(C#N)c(=O)n(Cc3cccnc3)c2O)cc1Cl. The van der Waals surface area contributed by atoms with Crippen molar-refractivity contribution in [2.45, 2.75) is 13.5 Å². The van der Waals surface area contributed by atoms with E-state index in [0.717, 1.165) is 4.57 Å². The van der Waals surface area contributed by atoms with E-state index in [0.29, 0.717) is 11.3 Å². The van der Waals surface area contributed by atoms with Crippen LogP contribution in [0.1, 0.15) is 32.6 Å². The van der Waals surface area contributed by atoms with E-state index in [2.05, 4.69) is 4.98 Å². The molecule has 2 aromatic heterocycles. The van der Waals surface area contributed by atoms with Crippen molar-refractivity contribution in [3.8, 4) is 17.7 Å². The maximum atomic E-state index is 13.1. The number of nitriles is 1. The second kappa shape index (κ2) is 8.17. The number of aromatic nitrogens is 2. The standard InChI is InChI=1S/C21H16ClN3O4/c1-12-15(9-23)20(27)25(11-13-4-3-7-24-10-13)21(28)18(12)19(26)14-5-6-17(29-2)16(22)8-14/h3-8,10,28H,11H2,1-2H3. The number of aromatic hydroxyl groups is 1. The van der Waals surface area contributed by atoms with Crippen molar-refractivity contribution in [2.24, 2.45) is 0 Å². The van der Waals surface area contributed by atoms with Crippen molar-refractivity contribution in [3.05, 3.63) is 85.9 Å². The number of halogens is 1. The fourth-order valence-electron chi connectivity index (χ4n) is 3.00. The van der Waals surface area contributed by atoms with Gasteiger partial charge in [-0.3, -0.25) is 19.1 Å². The number of pyridine rings is 2. The molecule has 0 saturated heterocycles. The molecule has 3 aromatic rings. The minimum Gasteiger partial charge on any atom is -0.495 e. The smallest absolute Gasteiger partial charge is 0.271 e. The Morgan fingerprint density at radius 3 is 2.72 bits per heavy atom. The van der Waals surface area contributed by atoms with Crippen LogP contribution in [-0.2, 0) is 6.54 Å². The second-order valence-corrected chi connectivity index (χ2v) is 6.65. The predicted molar refractivity (Wildman–Crippen MR) is 107 cm³/mol. The summed E-state index contributed by atoms with van der Waals surface area (Å²) in [6.45, 7) is 1.41. The van der Waals surface area contributed by atoms with Crippen LogP contribution in [0.5, 0.6) is 11.6 Å². The van der Waals surface area contributed by atoms with Crippen molar-refractivity contribution in [2.75, 3.05) is 7.11 Å². The van der Waals surface area contributed by atoms with Crippen molar-refractivity contribution < 1.29 is 14.6 Å². The Hall–Kier alpha value is -3.63. The summed E-state index contributed by atoms with van der Waals surface area (Å²) < 4.78 is 6.07. The zero-order chi connectivity index (χ0) is 21.1. The molecule has 29 heavy (non-hydrogen) atoms. The molecule has 1 aromatic carbocycles. The highest BCUT2D eigenvalue weighted by Gasteiger charge is 2.25. The lowest BCUT2D eigenvalue weighted by Gasteiger charge is -2.16. The number of hydrogen-bond acceptors (Lipinski definition) is 6. The molecule has 0 unspecified atom stereocenters. The number of ether oxygens (including phenoxy) is 1. The molecule has 146 valence electrons. The summed E-state index contributed by atoms with van der Waals surface area (Å²) in [5.41, 5.74) is -0.112. The van der Waals surface area contributed by atoms with Gasteiger partial charge in [0.1, 0.15) is 17.4 Å². The van der Waals surface area contributed by atoms with Crippen LogP contribution >= 0.6 is 11.6 Å². The highest BCUT2D eigenvalue weighted by molar-refractivity contribution is 6.32. The van der Waals surface area contributed by atoms with E-state index < -0.39 is 17.2 Å². The van der Waals surface area contributed by atoms with Crippen LogP contribution in [0.15, 0.2) is 47.5 Å². The van der Waals surface area contributed by atoms with Gasteiger partial charge in [-0.15, -0.1) is 0 Å². The molecule has 0 aliphatic carbocycles. The van der Waals surface area contributed by atoms with Crippen molar-refractivity contribution in [1.82, 2.24) is 9.55 Å². The van der Waals surface area contributed by atoms with E-state index in [1.807, 2.05) is 6.07 Å². The summed E-state index contributed by atoms with van der Waals surface area (Å²) in [7, 11) is 1.45. The molecule has 0 atom stereocenters. The third-order valence-electron chi connectivity index (χ3n) is 4.50. The second-order valence-electron chi connectivity index (χ2n) is 6.24. The van der Waals surface area contributed by atoms with Gasteiger partial charge in [0.15, 0.2) is 5.78 Å². The summed E-state index contributed by atoms with van der Waals surface area (Å²) in [6, 6.07) is 9.66. The molecule has 3 rings (SSSR count). The number of carbonyl (C=O) groups is 1. The van der Waals surface area contributed by atoms with E-state index in [-0.39, 0.29) is 33.8 Å². The first kappa shape index (κ1) is 20.1. The topological polar surface area (TPSA) is 105 Å². The molecule has 0 amide bonds. The lowest BCUT2D eigenvalue weighted by Crippen LogP contribution is -2.27. The van der Waals surface area contributed by atoms with Gasteiger partial charge < -0.3 is 9.84 Å². The van der Waals surface area contributed by atoms with E-state index in [1.54, 1.807) is 18.3 Å². The average molecular weight is 410 g/mol. The van der Waals surface area contributed by atoms with Crippen molar-refractivity contribution in [1.29, 1.82) is 5.26 Å². The monoisotopic (exact) mass is 409 g/mol. The quantitative estimate of drug-likeness (QED) is 0.649. The third-order valence-corrected chi connectivity index (χ3v) is 4.80. The first-order valence-corrected chi connectivity index (χ1v) is 8.90. The summed E-state index contributed by atoms with van der Waals surface area (Å²) in [4.78, 5) is 29.8. The number of carbonyl (C=O) groups excluding carboxylic acids is 1. The van der Waals surface area contributed by atoms with Gasteiger partial charge in [0, 0.05) is 18.0 Å². The van der Waals surface area contributed by atoms with Gasteiger partial charge in [-0.1, -0.05) is 17.7 Å². The molecule has 7 nitrogen and oxygen atoms in total. The molecular formula is C21H16ClN3O4. The van der Waals surface area contributed by atoms with Gasteiger partial charge in [0.05, 0.1) is 24.2 Å². The molecule has 0 aliphatic heterocycles. The molecule has 2 heterocycles. The van der Waals surface area contributed by atoms with Gasteiger partial charge >= 0.3 is 0 Å². The summed E-state index contributed by atoms with van der Waals surface area (Å²) in [6.07, 6.45) is 3.10. The van der Waals surface area contributed by atoms with Crippen LogP contribution in [0, 0.1) is 18.3 Å². The van der Waals surface area contributed by atoms with Crippen LogP contribution in [0.4, 0.5) is 0 Å². The van der Waals surface area contributed by atoms with E-state index in [1.165, 1.54) is 38.4 Å². The fourth-order valence-corrected chi connectivity index (χ4v) is 3.25. The number of nitrogens with zero attached hydrogens (tertiary/aromatic N) is 3. The molecule has 0 aliphatic rings. The number of benzene rings is 1. The number of methoxy groups -OCH3 is 1. The Balaban J connectivity index is 2.19. The van der Waals surface area contributed by atoms with Crippen LogP contribution in [0.3, 0.4) is 0 Å². The van der Waals surface area contributed by atoms with Crippen LogP contribution in [-0.4, -0.2) is 27.6 Å². The van der Waals surface area contributed by atoms with Crippen LogP contribution in [0.25, 0.3) is 0 Å². The Morgan fingerprint density at radius 2 is 2.14 bits per heavy atom. The van der Waals surface area contributed by atoms with Gasteiger partial charge in [0.25, 0.3) is 5.56 Å². The highest BCUT2D eigenvalue weighted by Crippen LogP contribution is 2.29. The molecular weight excluding hydrogens is 394 g/mol. The number of hydrogen-bond donors (Lipinski definition) is 1. The minimum atomic E-state index is -0.685. The Kier molecular flexibility index (Phi) is 5.66. The lowest BCUT2D eigenvalue weighted by atomic mass is 9.97. The van der Waals surface area contributed by atoms with Gasteiger partial charge in [-0.2, -0.15) is 5.26 Å². The summed E-state index contributed by atoms with van der Waals surface area (Å²) in [5.74, 6) is -0.697. The zero-order valence-electron chi connectivity index (χ0n) is 15.6. The number of ketones is 1. The first-order chi connectivity index (χ1) is 13.9. The zero-order valence-corrected chi connectivity index (χ0v) is 16.4. The Bertz CT molecular complexity index is 1200. The molecule has 0 saturated carbocycles. The minimum absolute atomic E-state index is 0.0445. The van der Waals surface area contributed by atoms with Crippen molar-refractivity contribution in [3.63, 3.8) is 0 Å². The Morgan fingerprint density at radius 1 is 1.38 bits per heavy atom. The van der Waals surface area contributed by atoms with E-state index in [4.69, 9.17) is 16.3 Å². The van der Waals surface area contributed by atoms with Crippen LogP contribution < -0.4 is 10.3 Å². The Labute approximate surface area is 171 Å². The molecule has 0 spiro atoms. The molecule has 8 heteroatoms. The molecule has 0 bridgehead atoms. The normalized spacial score (nSPS) is 10.4. The van der Waals surface area contributed by atoms with Gasteiger partial charge in [-0.25, -0.2) is 0 Å². The molecule has 1 N–H and O–H groups in total. The van der Waals surface area contributed by atoms with Gasteiger partial charge in [-0.05, 0) is 42.3 Å². The largest absolute Gasteiger partial charge is 0.495 e. The lowest BCUT2D eigenvalue weighted by molar-refractivity contribution is 0.103. The maximum absolute atomic E-state index is 13.1. The number of rotatable bonds is 5. The van der Waals surface area contributed by atoms with E-state index >= 15 is 0 Å². The highest BCUT2D eigenvalue weighted by atomic mass is 35.5. The van der Waals surface area contributed by atoms with Crippen LogP contribution in [0.2, 0.25) is 5.02 Å². The van der Waals surface area contributed by atoms with Crippen molar-refractivity contribution >= 4 is 17.4 Å². The predicted octanol–water partition coefficient (Wildman–Crippen LogP) is 3.07. The average Bonchev–Trinajstić information content (AvgIpc) is 2.72. The third kappa shape index (κ3) is 3.71. The fraction of sp³-hybridized carbons (Fsp3) is 0.143. The molecule has 0 fully saturated rings. The maximum Gasteiger partial charge on any atom is 0.271 e. The van der Waals surface area contributed by atoms with E-state index in [9.17, 15) is 20.0 Å².